The summed E-state index contributed by atoms with van der Waals surface area (Å²) in [5.74, 6) is -0.834. The first kappa shape index (κ1) is 22.8. The van der Waals surface area contributed by atoms with Crippen LogP contribution < -0.4 is 0 Å². The molecule has 0 aromatic carbocycles. The number of hydrogen-bond donors (Lipinski definition) is 0. The quantitative estimate of drug-likeness (QED) is 0.211. The monoisotopic (exact) mass is 332 g/mol. The molecule has 0 aromatic rings. The molecule has 0 unspecified atom stereocenters. The normalized spacial score (nSPS) is 13.6. The summed E-state index contributed by atoms with van der Waals surface area (Å²) in [6.45, 7) is 16.7. The Morgan fingerprint density at radius 2 is 0.783 bits per heavy atom. The van der Waals surface area contributed by atoms with Gasteiger partial charge in [-0.1, -0.05) is 53.4 Å². The maximum absolute atomic E-state index is 5.85. The van der Waals surface area contributed by atoms with E-state index >= 15 is 0 Å². The smallest absolute Gasteiger partial charge is 0.228 e. The van der Waals surface area contributed by atoms with Crippen molar-refractivity contribution in [2.45, 2.75) is 124 Å². The Morgan fingerprint density at radius 1 is 0.478 bits per heavy atom. The van der Waals surface area contributed by atoms with Crippen LogP contribution in [0, 0.1) is 0 Å². The van der Waals surface area contributed by atoms with Crippen LogP contribution >= 0.6 is 0 Å². The van der Waals surface area contributed by atoms with Crippen molar-refractivity contribution in [3.63, 3.8) is 0 Å². The Balaban J connectivity index is 4.93. The van der Waals surface area contributed by atoms with E-state index in [1.54, 1.807) is 0 Å². The zero-order valence-corrected chi connectivity index (χ0v) is 16.8. The summed E-state index contributed by atoms with van der Waals surface area (Å²) in [5.41, 5.74) is -0.659. The average Bonchev–Trinajstić information content (AvgIpc) is 2.44. The van der Waals surface area contributed by atoms with Crippen LogP contribution in [-0.2, 0) is 19.6 Å². The lowest BCUT2D eigenvalue weighted by Gasteiger charge is -2.36. The molecule has 0 saturated heterocycles. The highest BCUT2D eigenvalue weighted by Gasteiger charge is 2.38. The van der Waals surface area contributed by atoms with E-state index in [1.165, 1.54) is 0 Å². The molecular formula is C19H40O4. The largest absolute Gasteiger partial charge is 0.234 e. The molecule has 140 valence electrons. The van der Waals surface area contributed by atoms with Crippen LogP contribution in [0.2, 0.25) is 0 Å². The Kier molecular flexibility index (Phi) is 10.6. The third-order valence-electron chi connectivity index (χ3n) is 3.80. The fraction of sp³-hybridized carbons (Fsp3) is 1.00. The molecule has 0 rings (SSSR count). The van der Waals surface area contributed by atoms with Crippen LogP contribution in [0.4, 0.5) is 0 Å². The zero-order valence-electron chi connectivity index (χ0n) is 16.8. The molecule has 0 bridgehead atoms. The van der Waals surface area contributed by atoms with Gasteiger partial charge in [-0.3, -0.25) is 0 Å². The lowest BCUT2D eigenvalue weighted by molar-refractivity contribution is -0.546. The van der Waals surface area contributed by atoms with Gasteiger partial charge < -0.3 is 0 Å². The molecule has 0 saturated carbocycles. The van der Waals surface area contributed by atoms with Gasteiger partial charge in [-0.15, -0.1) is 0 Å². The molecule has 0 aliphatic carbocycles. The first-order chi connectivity index (χ1) is 10.7. The minimum atomic E-state index is -0.834. The second-order valence-electron chi connectivity index (χ2n) is 7.76. The molecule has 0 spiro atoms. The van der Waals surface area contributed by atoms with Crippen molar-refractivity contribution < 1.29 is 19.6 Å². The average molecular weight is 333 g/mol. The van der Waals surface area contributed by atoms with Crippen LogP contribution in [0.15, 0.2) is 0 Å². The summed E-state index contributed by atoms with van der Waals surface area (Å²) < 4.78 is 0. The molecule has 23 heavy (non-hydrogen) atoms. The summed E-state index contributed by atoms with van der Waals surface area (Å²) in [7, 11) is 0. The Morgan fingerprint density at radius 3 is 1.04 bits per heavy atom. The van der Waals surface area contributed by atoms with E-state index in [9.17, 15) is 0 Å². The van der Waals surface area contributed by atoms with Gasteiger partial charge in [0.1, 0.15) is 0 Å². The fourth-order valence-electron chi connectivity index (χ4n) is 2.73. The van der Waals surface area contributed by atoms with Gasteiger partial charge in [0.15, 0.2) is 0 Å². The van der Waals surface area contributed by atoms with E-state index in [0.29, 0.717) is 0 Å². The predicted octanol–water partition coefficient (Wildman–Crippen LogP) is 6.34. The van der Waals surface area contributed by atoms with E-state index in [2.05, 4.69) is 27.7 Å². The highest BCUT2D eigenvalue weighted by Crippen LogP contribution is 2.32. The van der Waals surface area contributed by atoms with E-state index in [-0.39, 0.29) is 11.2 Å². The highest BCUT2D eigenvalue weighted by atomic mass is 17.3. The van der Waals surface area contributed by atoms with Gasteiger partial charge in [0.2, 0.25) is 5.79 Å². The maximum atomic E-state index is 5.85. The van der Waals surface area contributed by atoms with Gasteiger partial charge in [0.25, 0.3) is 0 Å². The van der Waals surface area contributed by atoms with E-state index in [0.717, 1.165) is 51.4 Å². The third kappa shape index (κ3) is 9.65. The second kappa shape index (κ2) is 10.7. The van der Waals surface area contributed by atoms with Gasteiger partial charge in [-0.25, -0.2) is 9.78 Å². The minimum Gasteiger partial charge on any atom is -0.228 e. The maximum Gasteiger partial charge on any atom is 0.234 e. The van der Waals surface area contributed by atoms with E-state index < -0.39 is 5.79 Å². The molecule has 0 radical (unpaired) electrons. The van der Waals surface area contributed by atoms with Crippen molar-refractivity contribution in [3.05, 3.63) is 0 Å². The molecule has 0 aliphatic rings. The van der Waals surface area contributed by atoms with Crippen molar-refractivity contribution in [1.29, 1.82) is 0 Å². The topological polar surface area (TPSA) is 36.9 Å². The van der Waals surface area contributed by atoms with Crippen molar-refractivity contribution in [1.82, 2.24) is 0 Å². The van der Waals surface area contributed by atoms with Crippen LogP contribution in [0.3, 0.4) is 0 Å². The molecule has 0 aliphatic heterocycles. The molecule has 0 atom stereocenters. The van der Waals surface area contributed by atoms with Crippen LogP contribution in [0.1, 0.15) is 107 Å². The van der Waals surface area contributed by atoms with Gasteiger partial charge in [0.05, 0.1) is 11.2 Å². The number of hydrogen-bond acceptors (Lipinski definition) is 4. The van der Waals surface area contributed by atoms with E-state index in [4.69, 9.17) is 19.6 Å². The second-order valence-corrected chi connectivity index (χ2v) is 7.76. The SMILES string of the molecule is CCCC(C)(C)OOC(CCC)(CCC)OOC(C)(C)CCC. The minimum absolute atomic E-state index is 0.330. The van der Waals surface area contributed by atoms with Gasteiger partial charge in [-0.2, -0.15) is 9.78 Å². The summed E-state index contributed by atoms with van der Waals surface area (Å²) in [6, 6.07) is 0. The zero-order chi connectivity index (χ0) is 18.0. The number of rotatable bonds is 14. The van der Waals surface area contributed by atoms with Crippen molar-refractivity contribution >= 4 is 0 Å². The van der Waals surface area contributed by atoms with Crippen molar-refractivity contribution in [2.75, 3.05) is 0 Å². The van der Waals surface area contributed by atoms with Crippen LogP contribution in [0.5, 0.6) is 0 Å². The molecular weight excluding hydrogens is 292 g/mol. The molecule has 0 aromatic heterocycles. The first-order valence-corrected chi connectivity index (χ1v) is 9.39. The van der Waals surface area contributed by atoms with E-state index in [1.807, 2.05) is 27.7 Å². The molecule has 0 fully saturated rings. The lowest BCUT2D eigenvalue weighted by Crippen LogP contribution is -2.42. The Hall–Kier alpha value is -0.160. The van der Waals surface area contributed by atoms with Gasteiger partial charge in [-0.05, 0) is 40.5 Å². The standard InChI is InChI=1S/C19H40O4/c1-9-13-17(5,6)20-22-19(15-11-3,16-12-4)23-21-18(7,8)14-10-2/h9-16H2,1-8H3. The summed E-state index contributed by atoms with van der Waals surface area (Å²) in [4.78, 5) is 23.2. The van der Waals surface area contributed by atoms with Crippen LogP contribution in [-0.4, -0.2) is 17.0 Å². The fourth-order valence-corrected chi connectivity index (χ4v) is 2.73. The van der Waals surface area contributed by atoms with Crippen molar-refractivity contribution in [2.24, 2.45) is 0 Å². The Labute approximate surface area is 144 Å². The molecule has 4 nitrogen and oxygen atoms in total. The van der Waals surface area contributed by atoms with Gasteiger partial charge >= 0.3 is 0 Å². The highest BCUT2D eigenvalue weighted by molar-refractivity contribution is 4.70. The molecule has 0 amide bonds. The Bertz CT molecular complexity index is 270. The summed E-state index contributed by atoms with van der Waals surface area (Å²) in [6.07, 6.45) is 7.32. The van der Waals surface area contributed by atoms with Crippen molar-refractivity contribution in [3.8, 4) is 0 Å². The molecule has 4 heteroatoms. The molecule has 0 heterocycles. The summed E-state index contributed by atoms with van der Waals surface area (Å²) in [5, 5.41) is 0. The lowest BCUT2D eigenvalue weighted by atomic mass is 10.0. The third-order valence-corrected chi connectivity index (χ3v) is 3.80. The predicted molar refractivity (Wildman–Crippen MR) is 94.9 cm³/mol. The molecule has 0 N–H and O–H groups in total. The summed E-state index contributed by atoms with van der Waals surface area (Å²) >= 11 is 0. The van der Waals surface area contributed by atoms with Gasteiger partial charge in [0, 0.05) is 12.8 Å². The van der Waals surface area contributed by atoms with Crippen LogP contribution in [0.25, 0.3) is 0 Å². The first-order valence-electron chi connectivity index (χ1n) is 9.39.